The van der Waals surface area contributed by atoms with Crippen molar-refractivity contribution in [3.8, 4) is 17.0 Å². The Bertz CT molecular complexity index is 540. The first-order chi connectivity index (χ1) is 9.85. The predicted octanol–water partition coefficient (Wildman–Crippen LogP) is 4.36. The monoisotopic (exact) mass is 270 g/mol. The minimum Gasteiger partial charge on any atom is -0.493 e. The van der Waals surface area contributed by atoms with Crippen molar-refractivity contribution in [2.24, 2.45) is 0 Å². The lowest BCUT2D eigenvalue weighted by Crippen LogP contribution is -2.02. The molecule has 3 nitrogen and oxygen atoms in total. The van der Waals surface area contributed by atoms with E-state index in [0.29, 0.717) is 0 Å². The van der Waals surface area contributed by atoms with E-state index in [1.54, 1.807) is 0 Å². The number of pyridine rings is 1. The topological polar surface area (TPSA) is 34.1 Å². The zero-order valence-electron chi connectivity index (χ0n) is 12.2. The van der Waals surface area contributed by atoms with Crippen LogP contribution in [0.15, 0.2) is 42.5 Å². The molecule has 0 saturated heterocycles. The van der Waals surface area contributed by atoms with Crippen LogP contribution in [0.1, 0.15) is 26.7 Å². The highest BCUT2D eigenvalue weighted by Gasteiger charge is 2.07. The molecule has 0 saturated carbocycles. The molecule has 0 aliphatic rings. The van der Waals surface area contributed by atoms with Crippen molar-refractivity contribution in [1.29, 1.82) is 0 Å². The largest absolute Gasteiger partial charge is 0.493 e. The van der Waals surface area contributed by atoms with E-state index in [1.807, 2.05) is 36.4 Å². The van der Waals surface area contributed by atoms with Crippen molar-refractivity contribution in [1.82, 2.24) is 4.98 Å². The van der Waals surface area contributed by atoms with Crippen LogP contribution in [-0.4, -0.2) is 18.1 Å². The summed E-state index contributed by atoms with van der Waals surface area (Å²) in [5, 5.41) is 3.32. The van der Waals surface area contributed by atoms with Crippen LogP contribution >= 0.6 is 0 Å². The first-order valence-electron chi connectivity index (χ1n) is 7.28. The van der Waals surface area contributed by atoms with Gasteiger partial charge in [-0.05, 0) is 37.1 Å². The molecule has 0 radical (unpaired) electrons. The number of nitrogens with one attached hydrogen (secondary N) is 1. The van der Waals surface area contributed by atoms with Crippen LogP contribution in [0.4, 0.5) is 5.82 Å². The summed E-state index contributed by atoms with van der Waals surface area (Å²) in [5.41, 5.74) is 1.99. The van der Waals surface area contributed by atoms with Crippen LogP contribution in [0.25, 0.3) is 11.3 Å². The Kier molecular flexibility index (Phi) is 5.42. The summed E-state index contributed by atoms with van der Waals surface area (Å²) in [4.78, 5) is 4.66. The van der Waals surface area contributed by atoms with Crippen LogP contribution in [0.2, 0.25) is 0 Å². The molecule has 2 aromatic rings. The smallest absolute Gasteiger partial charge is 0.128 e. The van der Waals surface area contributed by atoms with Crippen molar-refractivity contribution < 1.29 is 4.74 Å². The van der Waals surface area contributed by atoms with E-state index in [0.717, 1.165) is 48.8 Å². The zero-order valence-corrected chi connectivity index (χ0v) is 12.2. The average molecular weight is 270 g/mol. The normalized spacial score (nSPS) is 10.3. The molecule has 0 atom stereocenters. The molecular formula is C17H22N2O. The number of nitrogens with zero attached hydrogens (tertiary/aromatic N) is 1. The fraction of sp³-hybridized carbons (Fsp3) is 0.353. The molecule has 0 fully saturated rings. The second-order valence-electron chi connectivity index (χ2n) is 4.68. The van der Waals surface area contributed by atoms with Gasteiger partial charge >= 0.3 is 0 Å². The number of aromatic nitrogens is 1. The Morgan fingerprint density at radius 1 is 1.00 bits per heavy atom. The molecule has 0 spiro atoms. The van der Waals surface area contributed by atoms with Crippen molar-refractivity contribution in [3.05, 3.63) is 42.5 Å². The molecule has 0 aliphatic carbocycles. The van der Waals surface area contributed by atoms with Gasteiger partial charge in [-0.2, -0.15) is 0 Å². The third-order valence-corrected chi connectivity index (χ3v) is 2.93. The molecule has 0 amide bonds. The lowest BCUT2D eigenvalue weighted by molar-refractivity contribution is 0.318. The quantitative estimate of drug-likeness (QED) is 0.811. The average Bonchev–Trinajstić information content (AvgIpc) is 2.51. The Balaban J connectivity index is 2.26. The molecule has 1 aromatic heterocycles. The van der Waals surface area contributed by atoms with Gasteiger partial charge in [0.05, 0.1) is 12.3 Å². The van der Waals surface area contributed by atoms with Gasteiger partial charge in [0, 0.05) is 12.1 Å². The summed E-state index contributed by atoms with van der Waals surface area (Å²) in [7, 11) is 0. The van der Waals surface area contributed by atoms with Crippen LogP contribution < -0.4 is 10.1 Å². The number of hydrogen-bond donors (Lipinski definition) is 1. The van der Waals surface area contributed by atoms with E-state index < -0.39 is 0 Å². The van der Waals surface area contributed by atoms with E-state index in [9.17, 15) is 0 Å². The number of rotatable bonds is 7. The third-order valence-electron chi connectivity index (χ3n) is 2.93. The van der Waals surface area contributed by atoms with Crippen LogP contribution in [0.5, 0.6) is 5.75 Å². The van der Waals surface area contributed by atoms with Gasteiger partial charge in [-0.1, -0.05) is 32.0 Å². The Morgan fingerprint density at radius 3 is 2.65 bits per heavy atom. The molecule has 1 heterocycles. The van der Waals surface area contributed by atoms with Gasteiger partial charge in [0.2, 0.25) is 0 Å². The molecule has 0 bridgehead atoms. The minimum atomic E-state index is 0.727. The number of anilines is 1. The molecule has 106 valence electrons. The number of para-hydroxylation sites is 1. The summed E-state index contributed by atoms with van der Waals surface area (Å²) in [6.07, 6.45) is 2.09. The maximum atomic E-state index is 5.80. The van der Waals surface area contributed by atoms with Gasteiger partial charge in [0.25, 0.3) is 0 Å². The fourth-order valence-electron chi connectivity index (χ4n) is 1.95. The van der Waals surface area contributed by atoms with Crippen LogP contribution in [-0.2, 0) is 0 Å². The highest BCUT2D eigenvalue weighted by atomic mass is 16.5. The van der Waals surface area contributed by atoms with E-state index >= 15 is 0 Å². The van der Waals surface area contributed by atoms with Gasteiger partial charge in [0.1, 0.15) is 11.6 Å². The molecule has 0 aliphatic heterocycles. The highest BCUT2D eigenvalue weighted by molar-refractivity contribution is 5.68. The maximum Gasteiger partial charge on any atom is 0.128 e. The van der Waals surface area contributed by atoms with E-state index in [4.69, 9.17) is 4.74 Å². The van der Waals surface area contributed by atoms with Crippen LogP contribution in [0, 0.1) is 0 Å². The summed E-state index contributed by atoms with van der Waals surface area (Å²) < 4.78 is 5.80. The standard InChI is InChI=1S/C17H22N2O/c1-3-12-18-17-11-7-9-15(19-17)14-8-5-6-10-16(14)20-13-4-2/h5-11H,3-4,12-13H2,1-2H3,(H,18,19). The molecule has 3 heteroatoms. The predicted molar refractivity (Wildman–Crippen MR) is 84.2 cm³/mol. The zero-order chi connectivity index (χ0) is 14.2. The molecule has 1 aromatic carbocycles. The summed E-state index contributed by atoms with van der Waals surface area (Å²) in [5.74, 6) is 1.81. The summed E-state index contributed by atoms with van der Waals surface area (Å²) >= 11 is 0. The van der Waals surface area contributed by atoms with Crippen LogP contribution in [0.3, 0.4) is 0 Å². The Morgan fingerprint density at radius 2 is 1.85 bits per heavy atom. The van der Waals surface area contributed by atoms with Gasteiger partial charge in [-0.15, -0.1) is 0 Å². The van der Waals surface area contributed by atoms with Gasteiger partial charge in [0.15, 0.2) is 0 Å². The summed E-state index contributed by atoms with van der Waals surface area (Å²) in [6, 6.07) is 14.1. The lowest BCUT2D eigenvalue weighted by atomic mass is 10.1. The molecule has 20 heavy (non-hydrogen) atoms. The molecule has 1 N–H and O–H groups in total. The fourth-order valence-corrected chi connectivity index (χ4v) is 1.95. The van der Waals surface area contributed by atoms with Crippen molar-refractivity contribution >= 4 is 5.82 Å². The van der Waals surface area contributed by atoms with Crippen molar-refractivity contribution in [2.75, 3.05) is 18.5 Å². The van der Waals surface area contributed by atoms with Crippen molar-refractivity contribution in [2.45, 2.75) is 26.7 Å². The Labute approximate surface area is 121 Å². The lowest BCUT2D eigenvalue weighted by Gasteiger charge is -2.11. The third kappa shape index (κ3) is 3.73. The molecule has 2 rings (SSSR count). The highest BCUT2D eigenvalue weighted by Crippen LogP contribution is 2.29. The SMILES string of the molecule is CCCNc1cccc(-c2ccccc2OCCC)n1. The maximum absolute atomic E-state index is 5.80. The molecule has 0 unspecified atom stereocenters. The van der Waals surface area contributed by atoms with E-state index in [1.165, 1.54) is 0 Å². The Hall–Kier alpha value is -2.03. The first kappa shape index (κ1) is 14.4. The van der Waals surface area contributed by atoms with E-state index in [-0.39, 0.29) is 0 Å². The van der Waals surface area contributed by atoms with E-state index in [2.05, 4.69) is 30.2 Å². The number of benzene rings is 1. The first-order valence-corrected chi connectivity index (χ1v) is 7.28. The molecular weight excluding hydrogens is 248 g/mol. The van der Waals surface area contributed by atoms with Gasteiger partial charge in [-0.25, -0.2) is 4.98 Å². The van der Waals surface area contributed by atoms with Gasteiger partial charge in [-0.3, -0.25) is 0 Å². The second-order valence-corrected chi connectivity index (χ2v) is 4.68. The number of ether oxygens (including phenoxy) is 1. The summed E-state index contributed by atoms with van der Waals surface area (Å²) in [6.45, 7) is 5.91. The number of hydrogen-bond acceptors (Lipinski definition) is 3. The minimum absolute atomic E-state index is 0.727. The second kappa shape index (κ2) is 7.53. The van der Waals surface area contributed by atoms with Crippen molar-refractivity contribution in [3.63, 3.8) is 0 Å². The van der Waals surface area contributed by atoms with Gasteiger partial charge < -0.3 is 10.1 Å².